The number of pyridine rings is 1. The van der Waals surface area contributed by atoms with Crippen LogP contribution in [-0.2, 0) is 4.79 Å². The zero-order valence-corrected chi connectivity index (χ0v) is 15.7. The molecule has 3 aromatic rings. The third-order valence-corrected chi connectivity index (χ3v) is 4.78. The lowest BCUT2D eigenvalue weighted by molar-refractivity contribution is -0.113. The van der Waals surface area contributed by atoms with Crippen molar-refractivity contribution in [3.8, 4) is 11.5 Å². The van der Waals surface area contributed by atoms with E-state index in [2.05, 4.69) is 20.5 Å². The molecule has 0 atom stereocenters. The lowest BCUT2D eigenvalue weighted by Gasteiger charge is -2.12. The molecule has 0 aliphatic rings. The number of nitrogens with two attached hydrogens (primary N) is 1. The van der Waals surface area contributed by atoms with E-state index in [0.29, 0.717) is 16.7 Å². The Labute approximate surface area is 156 Å². The summed E-state index contributed by atoms with van der Waals surface area (Å²) in [4.78, 5) is 16.5. The van der Waals surface area contributed by atoms with Gasteiger partial charge in [-0.2, -0.15) is 0 Å². The molecule has 3 N–H and O–H groups in total. The number of nitrogens with zero attached hydrogens (tertiary/aromatic N) is 4. The molecule has 0 radical (unpaired) electrons. The molecule has 2 aromatic heterocycles. The van der Waals surface area contributed by atoms with Crippen LogP contribution in [0.15, 0.2) is 41.7 Å². The number of rotatable bonds is 5. The molecule has 0 saturated heterocycles. The van der Waals surface area contributed by atoms with E-state index >= 15 is 0 Å². The molecule has 0 spiro atoms. The van der Waals surface area contributed by atoms with E-state index in [1.165, 1.54) is 22.0 Å². The van der Waals surface area contributed by atoms with Crippen molar-refractivity contribution < 1.29 is 4.79 Å². The third kappa shape index (κ3) is 3.85. The van der Waals surface area contributed by atoms with E-state index in [-0.39, 0.29) is 11.7 Å². The first-order chi connectivity index (χ1) is 12.5. The average Bonchev–Trinajstić information content (AvgIpc) is 2.98. The van der Waals surface area contributed by atoms with Crippen LogP contribution in [0.3, 0.4) is 0 Å². The van der Waals surface area contributed by atoms with Gasteiger partial charge in [0.15, 0.2) is 0 Å². The smallest absolute Gasteiger partial charge is 0.234 e. The van der Waals surface area contributed by atoms with Crippen LogP contribution in [0.5, 0.6) is 0 Å². The summed E-state index contributed by atoms with van der Waals surface area (Å²) in [7, 11) is 0. The van der Waals surface area contributed by atoms with Gasteiger partial charge in [0.1, 0.15) is 5.69 Å². The van der Waals surface area contributed by atoms with Gasteiger partial charge < -0.3 is 11.2 Å². The highest BCUT2D eigenvalue weighted by molar-refractivity contribution is 7.99. The maximum absolute atomic E-state index is 12.3. The Balaban J connectivity index is 1.67. The molecule has 134 valence electrons. The second-order valence-electron chi connectivity index (χ2n) is 6.00. The van der Waals surface area contributed by atoms with Gasteiger partial charge in [-0.1, -0.05) is 35.5 Å². The number of carbonyl (C=O) groups excluding carboxylic acids is 1. The lowest BCUT2D eigenvalue weighted by Crippen LogP contribution is -2.17. The van der Waals surface area contributed by atoms with E-state index in [0.717, 1.165) is 16.8 Å². The fourth-order valence-electron chi connectivity index (χ4n) is 2.73. The molecule has 1 aromatic carbocycles. The molecular weight excluding hydrogens is 348 g/mol. The van der Waals surface area contributed by atoms with Crippen molar-refractivity contribution in [3.05, 3.63) is 53.2 Å². The van der Waals surface area contributed by atoms with Gasteiger partial charge in [0.2, 0.25) is 16.9 Å². The largest absolute Gasteiger partial charge is 0.335 e. The van der Waals surface area contributed by atoms with Gasteiger partial charge in [0.05, 0.1) is 5.75 Å². The zero-order chi connectivity index (χ0) is 18.7. The second kappa shape index (κ2) is 7.57. The van der Waals surface area contributed by atoms with Crippen LogP contribution in [0.2, 0.25) is 0 Å². The van der Waals surface area contributed by atoms with Gasteiger partial charge in [0.25, 0.3) is 0 Å². The molecule has 3 rings (SSSR count). The zero-order valence-electron chi connectivity index (χ0n) is 14.9. The predicted octanol–water partition coefficient (Wildman–Crippen LogP) is 2.71. The number of aromatic nitrogens is 4. The van der Waals surface area contributed by atoms with Gasteiger partial charge in [-0.15, -0.1) is 10.2 Å². The van der Waals surface area contributed by atoms with Crippen LogP contribution in [0.25, 0.3) is 11.5 Å². The summed E-state index contributed by atoms with van der Waals surface area (Å²) in [5, 5.41) is 11.5. The second-order valence-corrected chi connectivity index (χ2v) is 6.94. The van der Waals surface area contributed by atoms with E-state index in [4.69, 9.17) is 5.84 Å². The third-order valence-electron chi connectivity index (χ3n) is 3.83. The van der Waals surface area contributed by atoms with Crippen molar-refractivity contribution in [1.82, 2.24) is 19.9 Å². The summed E-state index contributed by atoms with van der Waals surface area (Å²) in [6, 6.07) is 9.56. The molecule has 0 bridgehead atoms. The van der Waals surface area contributed by atoms with Crippen molar-refractivity contribution in [1.29, 1.82) is 0 Å². The van der Waals surface area contributed by atoms with Gasteiger partial charge in [0, 0.05) is 11.9 Å². The predicted molar refractivity (Wildman–Crippen MR) is 103 cm³/mol. The minimum Gasteiger partial charge on any atom is -0.335 e. The number of nitrogen functional groups attached to an aromatic ring is 1. The van der Waals surface area contributed by atoms with E-state index in [9.17, 15) is 4.79 Å². The van der Waals surface area contributed by atoms with Crippen molar-refractivity contribution in [3.63, 3.8) is 0 Å². The first-order valence-corrected chi connectivity index (χ1v) is 9.06. The first-order valence-electron chi connectivity index (χ1n) is 8.08. The fourth-order valence-corrected chi connectivity index (χ4v) is 3.38. The first kappa shape index (κ1) is 17.9. The Kier molecular flexibility index (Phi) is 5.22. The molecule has 2 heterocycles. The molecule has 7 nitrogen and oxygen atoms in total. The Morgan fingerprint density at radius 2 is 1.92 bits per heavy atom. The molecule has 8 heteroatoms. The molecule has 0 aliphatic carbocycles. The van der Waals surface area contributed by atoms with Crippen molar-refractivity contribution >= 4 is 23.4 Å². The van der Waals surface area contributed by atoms with Crippen LogP contribution in [0.1, 0.15) is 16.7 Å². The standard InChI is InChI=1S/C18H20N6OS/c1-11-8-12(2)16(13(3)9-11)21-15(25)10-26-18-23-22-17(24(18)19)14-6-4-5-7-20-14/h4-9H,10,19H2,1-3H3,(H,21,25). The number of amides is 1. The van der Waals surface area contributed by atoms with Gasteiger partial charge in [-0.05, 0) is 44.0 Å². The van der Waals surface area contributed by atoms with E-state index in [1.54, 1.807) is 12.3 Å². The summed E-state index contributed by atoms with van der Waals surface area (Å²) < 4.78 is 1.35. The number of thioether (sulfide) groups is 1. The summed E-state index contributed by atoms with van der Waals surface area (Å²) >= 11 is 1.23. The van der Waals surface area contributed by atoms with E-state index < -0.39 is 0 Å². The minimum atomic E-state index is -0.118. The number of carbonyl (C=O) groups is 1. The van der Waals surface area contributed by atoms with Crippen LogP contribution in [-0.4, -0.2) is 31.5 Å². The highest BCUT2D eigenvalue weighted by Gasteiger charge is 2.15. The summed E-state index contributed by atoms with van der Waals surface area (Å²) in [6.07, 6.45) is 1.66. The van der Waals surface area contributed by atoms with Gasteiger partial charge >= 0.3 is 0 Å². The molecule has 1 amide bonds. The Bertz CT molecular complexity index is 915. The summed E-state index contributed by atoms with van der Waals surface area (Å²) in [5.74, 6) is 6.56. The quantitative estimate of drug-likeness (QED) is 0.531. The molecule has 26 heavy (non-hydrogen) atoms. The fraction of sp³-hybridized carbons (Fsp3) is 0.222. The maximum atomic E-state index is 12.3. The number of benzene rings is 1. The van der Waals surface area contributed by atoms with Crippen molar-refractivity contribution in [2.45, 2.75) is 25.9 Å². The molecule has 0 unspecified atom stereocenters. The monoisotopic (exact) mass is 368 g/mol. The van der Waals surface area contributed by atoms with E-state index in [1.807, 2.05) is 45.0 Å². The van der Waals surface area contributed by atoms with Crippen LogP contribution in [0, 0.1) is 20.8 Å². The minimum absolute atomic E-state index is 0.118. The lowest BCUT2D eigenvalue weighted by atomic mass is 10.1. The summed E-state index contributed by atoms with van der Waals surface area (Å²) in [5.41, 5.74) is 4.74. The molecule has 0 aliphatic heterocycles. The van der Waals surface area contributed by atoms with Crippen LogP contribution < -0.4 is 11.2 Å². The number of nitrogens with one attached hydrogen (secondary N) is 1. The Morgan fingerprint density at radius 3 is 2.58 bits per heavy atom. The van der Waals surface area contributed by atoms with Crippen LogP contribution in [0.4, 0.5) is 5.69 Å². The number of hydrogen-bond acceptors (Lipinski definition) is 6. The number of hydrogen-bond donors (Lipinski definition) is 2. The highest BCUT2D eigenvalue weighted by Crippen LogP contribution is 2.23. The molecule has 0 saturated carbocycles. The Morgan fingerprint density at radius 1 is 1.19 bits per heavy atom. The van der Waals surface area contributed by atoms with Crippen molar-refractivity contribution in [2.24, 2.45) is 0 Å². The Hall–Kier alpha value is -2.87. The SMILES string of the molecule is Cc1cc(C)c(NC(=O)CSc2nnc(-c3ccccn3)n2N)c(C)c1. The van der Waals surface area contributed by atoms with Gasteiger partial charge in [-0.3, -0.25) is 9.78 Å². The van der Waals surface area contributed by atoms with Crippen molar-refractivity contribution in [2.75, 3.05) is 16.9 Å². The highest BCUT2D eigenvalue weighted by atomic mass is 32.2. The average molecular weight is 368 g/mol. The topological polar surface area (TPSA) is 98.7 Å². The number of anilines is 1. The maximum Gasteiger partial charge on any atom is 0.234 e. The summed E-state index contributed by atoms with van der Waals surface area (Å²) in [6.45, 7) is 6.01. The molecular formula is C18H20N6OS. The molecule has 0 fully saturated rings. The van der Waals surface area contributed by atoms with Crippen LogP contribution >= 0.6 is 11.8 Å². The number of aryl methyl sites for hydroxylation is 3. The normalized spacial score (nSPS) is 10.7. The van der Waals surface area contributed by atoms with Gasteiger partial charge in [-0.25, -0.2) is 4.68 Å².